The summed E-state index contributed by atoms with van der Waals surface area (Å²) < 4.78 is 17.5. The van der Waals surface area contributed by atoms with E-state index in [4.69, 9.17) is 14.2 Å². The summed E-state index contributed by atoms with van der Waals surface area (Å²) in [4.78, 5) is 23.1. The fraction of sp³-hybridized carbons (Fsp3) is 0.917. The Bertz CT molecular complexity index is 689. The Kier molecular flexibility index (Phi) is 6.09. The van der Waals surface area contributed by atoms with E-state index < -0.39 is 35.3 Å². The number of fused-ring (bicyclic) bond motifs is 3. The number of hydrogen-bond acceptors (Lipinski definition) is 6. The summed E-state index contributed by atoms with van der Waals surface area (Å²) in [6.07, 6.45) is 4.40. The van der Waals surface area contributed by atoms with Gasteiger partial charge in [0, 0.05) is 26.2 Å². The Hall–Kier alpha value is -1.14. The number of rotatable bonds is 4. The van der Waals surface area contributed by atoms with Gasteiger partial charge in [0.25, 0.3) is 0 Å². The highest BCUT2D eigenvalue weighted by atomic mass is 16.6. The van der Waals surface area contributed by atoms with Crippen LogP contribution in [0.2, 0.25) is 0 Å². The molecule has 30 heavy (non-hydrogen) atoms. The molecule has 2 saturated carbocycles. The third kappa shape index (κ3) is 4.02. The predicted molar refractivity (Wildman–Crippen MR) is 113 cm³/mol. The molecule has 172 valence electrons. The maximum absolute atomic E-state index is 11.8. The topological polar surface area (TPSA) is 82.1 Å². The molecule has 1 heterocycles. The van der Waals surface area contributed by atoms with Gasteiger partial charge < -0.3 is 19.3 Å². The van der Waals surface area contributed by atoms with Gasteiger partial charge in [-0.25, -0.2) is 0 Å². The standard InChI is InChI=1S/C24H40O6/c1-15(25)28-14-19(29-16(2)26)24(7)13-17(27)20-22(5)11-8-10-21(3,4)18(22)9-12-23(20,6)30-24/h17-20,27H,8-14H2,1-7H3/t17-,18+,19+,20+,22+,23-,24+/m1/s1. The van der Waals surface area contributed by atoms with E-state index in [0.717, 1.165) is 19.3 Å². The van der Waals surface area contributed by atoms with Crippen molar-refractivity contribution in [2.24, 2.45) is 22.7 Å². The summed E-state index contributed by atoms with van der Waals surface area (Å²) in [5, 5.41) is 11.5. The SMILES string of the molecule is CC(=O)OC[C@H](OC(C)=O)[C@]1(C)C[C@@H](O)[C@H]2[C@@]3(C)CCCC(C)(C)[C@@H]3CC[C@@]2(C)O1. The van der Waals surface area contributed by atoms with Gasteiger partial charge in [0.1, 0.15) is 12.2 Å². The number of aliphatic hydroxyl groups is 1. The van der Waals surface area contributed by atoms with Gasteiger partial charge in [0.2, 0.25) is 0 Å². The number of carbonyl (C=O) groups is 2. The molecule has 7 atom stereocenters. The third-order valence-corrected chi connectivity index (χ3v) is 8.47. The van der Waals surface area contributed by atoms with Crippen LogP contribution in [0.4, 0.5) is 0 Å². The second-order valence-corrected chi connectivity index (χ2v) is 11.3. The molecular formula is C24H40O6. The fourth-order valence-electron chi connectivity index (χ4n) is 7.54. The molecule has 6 heteroatoms. The molecule has 0 radical (unpaired) electrons. The molecule has 0 aromatic rings. The molecule has 3 fully saturated rings. The van der Waals surface area contributed by atoms with Crippen molar-refractivity contribution in [1.29, 1.82) is 0 Å². The average Bonchev–Trinajstić information content (AvgIpc) is 2.55. The lowest BCUT2D eigenvalue weighted by molar-refractivity contribution is -0.315. The molecule has 0 aromatic heterocycles. The summed E-state index contributed by atoms with van der Waals surface area (Å²) in [7, 11) is 0. The Balaban J connectivity index is 1.92. The minimum atomic E-state index is -0.931. The quantitative estimate of drug-likeness (QED) is 0.687. The van der Waals surface area contributed by atoms with Crippen LogP contribution in [0.15, 0.2) is 0 Å². The minimum absolute atomic E-state index is 0.00229. The largest absolute Gasteiger partial charge is 0.462 e. The summed E-state index contributed by atoms with van der Waals surface area (Å²) in [6.45, 7) is 13.6. The van der Waals surface area contributed by atoms with E-state index in [1.165, 1.54) is 26.7 Å². The lowest BCUT2D eigenvalue weighted by Gasteiger charge is -2.66. The summed E-state index contributed by atoms with van der Waals surface area (Å²) >= 11 is 0. The normalized spacial score (nSPS) is 43.7. The zero-order chi connectivity index (χ0) is 22.5. The number of esters is 2. The number of hydrogen-bond donors (Lipinski definition) is 1. The summed E-state index contributed by atoms with van der Waals surface area (Å²) in [5.74, 6) is -0.329. The number of aliphatic hydroxyl groups excluding tert-OH is 1. The van der Waals surface area contributed by atoms with Gasteiger partial charge in [0.05, 0.1) is 11.7 Å². The zero-order valence-corrected chi connectivity index (χ0v) is 19.7. The molecule has 1 saturated heterocycles. The number of ether oxygens (including phenoxy) is 3. The third-order valence-electron chi connectivity index (χ3n) is 8.47. The minimum Gasteiger partial charge on any atom is -0.462 e. The molecule has 3 rings (SSSR count). The monoisotopic (exact) mass is 424 g/mol. The van der Waals surface area contributed by atoms with Crippen molar-refractivity contribution >= 4 is 11.9 Å². The van der Waals surface area contributed by atoms with Gasteiger partial charge >= 0.3 is 11.9 Å². The highest BCUT2D eigenvalue weighted by Crippen LogP contribution is 2.65. The van der Waals surface area contributed by atoms with Crippen molar-refractivity contribution in [2.45, 2.75) is 110 Å². The van der Waals surface area contributed by atoms with Crippen molar-refractivity contribution in [3.63, 3.8) is 0 Å². The predicted octanol–water partition coefficient (Wildman–Crippen LogP) is 4.02. The Labute approximate surface area is 181 Å². The van der Waals surface area contributed by atoms with Gasteiger partial charge in [0.15, 0.2) is 6.10 Å². The van der Waals surface area contributed by atoms with Crippen LogP contribution in [0.1, 0.15) is 87.0 Å². The first-order valence-corrected chi connectivity index (χ1v) is 11.4. The summed E-state index contributed by atoms with van der Waals surface area (Å²) in [6, 6.07) is 0. The van der Waals surface area contributed by atoms with E-state index in [0.29, 0.717) is 12.3 Å². The van der Waals surface area contributed by atoms with Crippen LogP contribution in [0.5, 0.6) is 0 Å². The van der Waals surface area contributed by atoms with Gasteiger partial charge in [-0.3, -0.25) is 9.59 Å². The average molecular weight is 425 g/mol. The molecule has 0 bridgehead atoms. The molecular weight excluding hydrogens is 384 g/mol. The second kappa shape index (κ2) is 7.77. The first-order chi connectivity index (χ1) is 13.7. The maximum atomic E-state index is 11.8. The lowest BCUT2D eigenvalue weighted by atomic mass is 9.44. The molecule has 1 N–H and O–H groups in total. The van der Waals surface area contributed by atoms with E-state index in [-0.39, 0.29) is 23.4 Å². The number of carbonyl (C=O) groups excluding carboxylic acids is 2. The van der Waals surface area contributed by atoms with Gasteiger partial charge in [-0.05, 0) is 56.3 Å². The lowest BCUT2D eigenvalue weighted by Crippen LogP contribution is -2.69. The molecule has 3 aliphatic rings. The van der Waals surface area contributed by atoms with Crippen molar-refractivity contribution in [2.75, 3.05) is 6.61 Å². The van der Waals surface area contributed by atoms with Crippen LogP contribution in [0.3, 0.4) is 0 Å². The van der Waals surface area contributed by atoms with Crippen LogP contribution in [-0.2, 0) is 23.8 Å². The van der Waals surface area contributed by atoms with Crippen molar-refractivity contribution in [1.82, 2.24) is 0 Å². The first-order valence-electron chi connectivity index (χ1n) is 11.4. The Morgan fingerprint density at radius 1 is 1.07 bits per heavy atom. The Morgan fingerprint density at radius 2 is 1.73 bits per heavy atom. The van der Waals surface area contributed by atoms with Crippen LogP contribution < -0.4 is 0 Å². The van der Waals surface area contributed by atoms with E-state index in [1.807, 2.05) is 6.92 Å². The molecule has 6 nitrogen and oxygen atoms in total. The van der Waals surface area contributed by atoms with E-state index in [2.05, 4.69) is 27.7 Å². The van der Waals surface area contributed by atoms with Crippen LogP contribution in [0, 0.1) is 22.7 Å². The molecule has 0 amide bonds. The molecule has 0 unspecified atom stereocenters. The van der Waals surface area contributed by atoms with Crippen molar-refractivity contribution < 1.29 is 28.9 Å². The van der Waals surface area contributed by atoms with Crippen molar-refractivity contribution in [3.05, 3.63) is 0 Å². The molecule has 1 aliphatic heterocycles. The smallest absolute Gasteiger partial charge is 0.303 e. The van der Waals surface area contributed by atoms with E-state index in [1.54, 1.807) is 0 Å². The summed E-state index contributed by atoms with van der Waals surface area (Å²) in [5.41, 5.74) is -1.20. The van der Waals surface area contributed by atoms with E-state index in [9.17, 15) is 14.7 Å². The van der Waals surface area contributed by atoms with Crippen LogP contribution in [0.25, 0.3) is 0 Å². The van der Waals surface area contributed by atoms with Gasteiger partial charge in [-0.15, -0.1) is 0 Å². The molecule has 0 aromatic carbocycles. The fourth-order valence-corrected chi connectivity index (χ4v) is 7.54. The van der Waals surface area contributed by atoms with Crippen LogP contribution in [-0.4, -0.2) is 47.1 Å². The highest BCUT2D eigenvalue weighted by molar-refractivity contribution is 5.67. The zero-order valence-electron chi connectivity index (χ0n) is 19.7. The van der Waals surface area contributed by atoms with Gasteiger partial charge in [-0.2, -0.15) is 0 Å². The van der Waals surface area contributed by atoms with Crippen molar-refractivity contribution in [3.8, 4) is 0 Å². The Morgan fingerprint density at radius 3 is 2.33 bits per heavy atom. The molecule has 2 aliphatic carbocycles. The first kappa shape index (κ1) is 23.5. The maximum Gasteiger partial charge on any atom is 0.303 e. The highest BCUT2D eigenvalue weighted by Gasteiger charge is 2.65. The second-order valence-electron chi connectivity index (χ2n) is 11.3. The van der Waals surface area contributed by atoms with Crippen LogP contribution >= 0.6 is 0 Å². The van der Waals surface area contributed by atoms with Gasteiger partial charge in [-0.1, -0.05) is 27.2 Å². The van der Waals surface area contributed by atoms with E-state index >= 15 is 0 Å². The molecule has 0 spiro atoms.